The minimum absolute atomic E-state index is 0.604. The fourth-order valence-corrected chi connectivity index (χ4v) is 1.12. The number of hydrogen-bond donors (Lipinski definition) is 2. The van der Waals surface area contributed by atoms with Gasteiger partial charge < -0.3 is 14.6 Å². The zero-order chi connectivity index (χ0) is 8.97. The van der Waals surface area contributed by atoms with E-state index in [1.807, 2.05) is 6.92 Å². The van der Waals surface area contributed by atoms with Crippen molar-refractivity contribution in [1.82, 2.24) is 0 Å². The first-order valence-corrected chi connectivity index (χ1v) is 4.14. The maximum Gasteiger partial charge on any atom is 0.108 e. The lowest BCUT2D eigenvalue weighted by Crippen LogP contribution is -2.17. The number of aliphatic hydroxyl groups is 2. The standard InChI is InChI=1S/C9H14O3/c1-2-3-8(10)9(11)7-4-5-12-6-7/h4-6,8-11H,2-3H2,1H3. The van der Waals surface area contributed by atoms with E-state index < -0.39 is 12.2 Å². The van der Waals surface area contributed by atoms with Crippen molar-refractivity contribution in [2.75, 3.05) is 0 Å². The average Bonchev–Trinajstić information content (AvgIpc) is 2.55. The first-order chi connectivity index (χ1) is 5.75. The van der Waals surface area contributed by atoms with Gasteiger partial charge in [0.1, 0.15) is 6.10 Å². The quantitative estimate of drug-likeness (QED) is 0.719. The van der Waals surface area contributed by atoms with Gasteiger partial charge in [-0.2, -0.15) is 0 Å². The molecule has 0 radical (unpaired) electrons. The molecule has 1 aromatic heterocycles. The van der Waals surface area contributed by atoms with Gasteiger partial charge in [0.2, 0.25) is 0 Å². The molecule has 2 unspecified atom stereocenters. The lowest BCUT2D eigenvalue weighted by Gasteiger charge is -2.14. The smallest absolute Gasteiger partial charge is 0.108 e. The van der Waals surface area contributed by atoms with Crippen molar-refractivity contribution in [3.05, 3.63) is 24.2 Å². The van der Waals surface area contributed by atoms with Crippen molar-refractivity contribution >= 4 is 0 Å². The fourth-order valence-electron chi connectivity index (χ4n) is 1.12. The van der Waals surface area contributed by atoms with Gasteiger partial charge in [0.05, 0.1) is 18.6 Å². The van der Waals surface area contributed by atoms with Crippen LogP contribution in [0.5, 0.6) is 0 Å². The Balaban J connectivity index is 2.53. The van der Waals surface area contributed by atoms with Crippen LogP contribution in [0.2, 0.25) is 0 Å². The summed E-state index contributed by atoms with van der Waals surface area (Å²) in [5.74, 6) is 0. The molecule has 68 valence electrons. The van der Waals surface area contributed by atoms with E-state index in [1.54, 1.807) is 6.07 Å². The van der Waals surface area contributed by atoms with E-state index in [-0.39, 0.29) is 0 Å². The van der Waals surface area contributed by atoms with Crippen molar-refractivity contribution in [3.63, 3.8) is 0 Å². The van der Waals surface area contributed by atoms with Crippen molar-refractivity contribution < 1.29 is 14.6 Å². The summed E-state index contributed by atoms with van der Waals surface area (Å²) < 4.78 is 4.79. The van der Waals surface area contributed by atoms with Gasteiger partial charge in [-0.1, -0.05) is 13.3 Å². The van der Waals surface area contributed by atoms with Gasteiger partial charge in [-0.3, -0.25) is 0 Å². The van der Waals surface area contributed by atoms with Crippen LogP contribution in [0.1, 0.15) is 31.4 Å². The van der Waals surface area contributed by atoms with Gasteiger partial charge in [-0.05, 0) is 12.5 Å². The molecule has 1 rings (SSSR count). The Morgan fingerprint density at radius 1 is 1.50 bits per heavy atom. The first-order valence-electron chi connectivity index (χ1n) is 4.14. The molecule has 0 saturated carbocycles. The monoisotopic (exact) mass is 170 g/mol. The van der Waals surface area contributed by atoms with Crippen LogP contribution < -0.4 is 0 Å². The third-order valence-electron chi connectivity index (χ3n) is 1.83. The highest BCUT2D eigenvalue weighted by atomic mass is 16.3. The van der Waals surface area contributed by atoms with Crippen molar-refractivity contribution in [2.24, 2.45) is 0 Å². The highest BCUT2D eigenvalue weighted by Crippen LogP contribution is 2.19. The van der Waals surface area contributed by atoms with Gasteiger partial charge in [0.25, 0.3) is 0 Å². The SMILES string of the molecule is CCCC(O)C(O)c1ccoc1. The number of hydrogen-bond acceptors (Lipinski definition) is 3. The van der Waals surface area contributed by atoms with Crippen molar-refractivity contribution in [2.45, 2.75) is 32.0 Å². The third-order valence-corrected chi connectivity index (χ3v) is 1.83. The topological polar surface area (TPSA) is 53.6 Å². The molecule has 0 amide bonds. The zero-order valence-electron chi connectivity index (χ0n) is 7.10. The summed E-state index contributed by atoms with van der Waals surface area (Å²) in [6.45, 7) is 1.96. The zero-order valence-corrected chi connectivity index (χ0v) is 7.10. The van der Waals surface area contributed by atoms with E-state index in [0.717, 1.165) is 6.42 Å². The lowest BCUT2D eigenvalue weighted by molar-refractivity contribution is 0.0128. The van der Waals surface area contributed by atoms with Gasteiger partial charge in [-0.25, -0.2) is 0 Å². The van der Waals surface area contributed by atoms with Crippen molar-refractivity contribution in [3.8, 4) is 0 Å². The van der Waals surface area contributed by atoms with Gasteiger partial charge in [0, 0.05) is 5.56 Å². The summed E-state index contributed by atoms with van der Waals surface area (Å²) in [5, 5.41) is 18.9. The Morgan fingerprint density at radius 2 is 2.25 bits per heavy atom. The molecule has 2 N–H and O–H groups in total. The Morgan fingerprint density at radius 3 is 2.75 bits per heavy atom. The minimum atomic E-state index is -0.816. The largest absolute Gasteiger partial charge is 0.472 e. The van der Waals surface area contributed by atoms with Crippen molar-refractivity contribution in [1.29, 1.82) is 0 Å². The molecule has 2 atom stereocenters. The van der Waals surface area contributed by atoms with E-state index in [0.29, 0.717) is 12.0 Å². The fraction of sp³-hybridized carbons (Fsp3) is 0.556. The Bertz CT molecular complexity index is 206. The van der Waals surface area contributed by atoms with Crippen LogP contribution in [0.3, 0.4) is 0 Å². The van der Waals surface area contributed by atoms with Crippen LogP contribution >= 0.6 is 0 Å². The van der Waals surface area contributed by atoms with E-state index in [9.17, 15) is 10.2 Å². The molecule has 3 nitrogen and oxygen atoms in total. The number of furan rings is 1. The summed E-state index contributed by atoms with van der Waals surface area (Å²) >= 11 is 0. The molecule has 1 heterocycles. The molecule has 0 spiro atoms. The molecule has 0 fully saturated rings. The average molecular weight is 170 g/mol. The predicted octanol–water partition coefficient (Wildman–Crippen LogP) is 1.47. The highest BCUT2D eigenvalue weighted by Gasteiger charge is 2.17. The van der Waals surface area contributed by atoms with E-state index in [2.05, 4.69) is 0 Å². The minimum Gasteiger partial charge on any atom is -0.472 e. The summed E-state index contributed by atoms with van der Waals surface area (Å²) in [6.07, 6.45) is 2.89. The second-order valence-corrected chi connectivity index (χ2v) is 2.86. The molecule has 0 bridgehead atoms. The summed E-state index contributed by atoms with van der Waals surface area (Å²) in [6, 6.07) is 1.66. The van der Waals surface area contributed by atoms with Gasteiger partial charge in [-0.15, -0.1) is 0 Å². The van der Waals surface area contributed by atoms with Crippen LogP contribution in [-0.2, 0) is 0 Å². The normalized spacial score (nSPS) is 15.9. The van der Waals surface area contributed by atoms with E-state index in [1.165, 1.54) is 12.5 Å². The maximum absolute atomic E-state index is 9.50. The number of rotatable bonds is 4. The molecule has 0 aromatic carbocycles. The Hall–Kier alpha value is -0.800. The highest BCUT2D eigenvalue weighted by molar-refractivity contribution is 5.10. The van der Waals surface area contributed by atoms with Crippen LogP contribution in [-0.4, -0.2) is 16.3 Å². The van der Waals surface area contributed by atoms with E-state index >= 15 is 0 Å². The van der Waals surface area contributed by atoms with Crippen LogP contribution in [0, 0.1) is 0 Å². The Kier molecular flexibility index (Phi) is 3.31. The molecule has 0 aliphatic carbocycles. The van der Waals surface area contributed by atoms with Gasteiger partial charge >= 0.3 is 0 Å². The molecule has 12 heavy (non-hydrogen) atoms. The molecular formula is C9H14O3. The third kappa shape index (κ3) is 2.09. The summed E-state index contributed by atoms with van der Waals surface area (Å²) in [7, 11) is 0. The Labute approximate surface area is 71.6 Å². The van der Waals surface area contributed by atoms with Crippen LogP contribution in [0.25, 0.3) is 0 Å². The predicted molar refractivity (Wildman–Crippen MR) is 44.6 cm³/mol. The molecule has 0 aliphatic rings. The maximum atomic E-state index is 9.50. The molecule has 1 aromatic rings. The molecule has 0 aliphatic heterocycles. The second kappa shape index (κ2) is 4.28. The number of aliphatic hydroxyl groups excluding tert-OH is 2. The first kappa shape index (κ1) is 9.29. The van der Waals surface area contributed by atoms with E-state index in [4.69, 9.17) is 4.42 Å². The molecule has 3 heteroatoms. The second-order valence-electron chi connectivity index (χ2n) is 2.86. The van der Waals surface area contributed by atoms with Crippen LogP contribution in [0.4, 0.5) is 0 Å². The molecular weight excluding hydrogens is 156 g/mol. The molecule has 0 saturated heterocycles. The lowest BCUT2D eigenvalue weighted by atomic mass is 10.0. The van der Waals surface area contributed by atoms with Crippen LogP contribution in [0.15, 0.2) is 23.0 Å². The van der Waals surface area contributed by atoms with Gasteiger partial charge in [0.15, 0.2) is 0 Å². The summed E-state index contributed by atoms with van der Waals surface area (Å²) in [4.78, 5) is 0. The summed E-state index contributed by atoms with van der Waals surface area (Å²) in [5.41, 5.74) is 0.635.